The minimum absolute atomic E-state index is 0.348. The number of methoxy groups -OCH3 is 2. The fourth-order valence-electron chi connectivity index (χ4n) is 2.77. The smallest absolute Gasteiger partial charge is 0.279 e. The summed E-state index contributed by atoms with van der Waals surface area (Å²) >= 11 is 1.45. The highest BCUT2D eigenvalue weighted by atomic mass is 32.1. The summed E-state index contributed by atoms with van der Waals surface area (Å²) in [5.41, 5.74) is 3.77. The van der Waals surface area contributed by atoms with Gasteiger partial charge in [0.1, 0.15) is 0 Å². The number of carbonyl (C=O) groups is 1. The average Bonchev–Trinajstić information content (AvgIpc) is 2.98. The molecule has 0 unspecified atom stereocenters. The van der Waals surface area contributed by atoms with Crippen molar-refractivity contribution in [1.82, 2.24) is 4.57 Å². The monoisotopic (exact) mass is 380 g/mol. The number of terminal acetylenes is 1. The highest BCUT2D eigenvalue weighted by Gasteiger charge is 2.12. The van der Waals surface area contributed by atoms with Crippen molar-refractivity contribution in [3.8, 4) is 23.8 Å². The summed E-state index contributed by atoms with van der Waals surface area (Å²) in [5, 5.41) is 0. The van der Waals surface area contributed by atoms with Gasteiger partial charge in [-0.2, -0.15) is 4.99 Å². The summed E-state index contributed by atoms with van der Waals surface area (Å²) in [6, 6.07) is 9.16. The van der Waals surface area contributed by atoms with Crippen molar-refractivity contribution in [3.63, 3.8) is 0 Å². The van der Waals surface area contributed by atoms with Crippen LogP contribution < -0.4 is 14.3 Å². The molecule has 0 aliphatic heterocycles. The molecule has 138 valence electrons. The van der Waals surface area contributed by atoms with E-state index in [4.69, 9.17) is 15.9 Å². The third-order valence-corrected chi connectivity index (χ3v) is 5.42. The van der Waals surface area contributed by atoms with Crippen LogP contribution in [0.5, 0.6) is 11.5 Å². The van der Waals surface area contributed by atoms with E-state index in [1.165, 1.54) is 29.6 Å². The summed E-state index contributed by atoms with van der Waals surface area (Å²) < 4.78 is 13.4. The van der Waals surface area contributed by atoms with Gasteiger partial charge in [-0.15, -0.1) is 6.42 Å². The Bertz CT molecular complexity index is 1130. The van der Waals surface area contributed by atoms with Crippen LogP contribution in [0.3, 0.4) is 0 Å². The van der Waals surface area contributed by atoms with E-state index in [2.05, 4.69) is 36.9 Å². The Morgan fingerprint density at radius 1 is 1.15 bits per heavy atom. The summed E-state index contributed by atoms with van der Waals surface area (Å²) in [7, 11) is 3.08. The Hall–Kier alpha value is -3.04. The van der Waals surface area contributed by atoms with Crippen molar-refractivity contribution in [1.29, 1.82) is 0 Å². The van der Waals surface area contributed by atoms with Crippen LogP contribution in [0.1, 0.15) is 21.5 Å². The molecule has 6 heteroatoms. The van der Waals surface area contributed by atoms with Gasteiger partial charge in [0.05, 0.1) is 31.0 Å². The number of benzene rings is 2. The average molecular weight is 380 g/mol. The Morgan fingerprint density at radius 3 is 2.52 bits per heavy atom. The molecule has 3 aromatic rings. The first-order valence-corrected chi connectivity index (χ1v) is 9.15. The van der Waals surface area contributed by atoms with Gasteiger partial charge in [-0.3, -0.25) is 4.79 Å². The second-order valence-corrected chi connectivity index (χ2v) is 7.07. The topological polar surface area (TPSA) is 52.8 Å². The standard InChI is InChI=1S/C21H20N2O3S/c1-6-9-23-16-10-13(2)14(3)11-19(16)27-21(23)22-20(24)15-7-8-17(25-4)18(12-15)26-5/h1,7-8,10-12H,9H2,2-5H3. The molecule has 3 rings (SSSR count). The molecule has 1 aromatic heterocycles. The number of hydrogen-bond donors (Lipinski definition) is 0. The van der Waals surface area contributed by atoms with Gasteiger partial charge in [0.25, 0.3) is 5.91 Å². The van der Waals surface area contributed by atoms with Crippen molar-refractivity contribution in [2.24, 2.45) is 4.99 Å². The van der Waals surface area contributed by atoms with Gasteiger partial charge in [-0.05, 0) is 55.3 Å². The van der Waals surface area contributed by atoms with Crippen LogP contribution in [0.15, 0.2) is 35.3 Å². The van der Waals surface area contributed by atoms with Crippen LogP contribution in [-0.2, 0) is 6.54 Å². The minimum atomic E-state index is -0.360. The maximum atomic E-state index is 12.7. The number of nitrogens with zero attached hydrogens (tertiary/aromatic N) is 2. The van der Waals surface area contributed by atoms with Crippen LogP contribution in [0.4, 0.5) is 0 Å². The number of hydrogen-bond acceptors (Lipinski definition) is 4. The predicted molar refractivity (Wildman–Crippen MR) is 108 cm³/mol. The van der Waals surface area contributed by atoms with E-state index in [9.17, 15) is 4.79 Å². The highest BCUT2D eigenvalue weighted by Crippen LogP contribution is 2.28. The van der Waals surface area contributed by atoms with Gasteiger partial charge < -0.3 is 14.0 Å². The van der Waals surface area contributed by atoms with Crippen molar-refractivity contribution in [2.75, 3.05) is 14.2 Å². The lowest BCUT2D eigenvalue weighted by Gasteiger charge is -2.07. The first-order valence-electron chi connectivity index (χ1n) is 8.33. The molecule has 0 spiro atoms. The van der Waals surface area contributed by atoms with E-state index in [0.717, 1.165) is 10.2 Å². The zero-order valence-corrected chi connectivity index (χ0v) is 16.5. The lowest BCUT2D eigenvalue weighted by atomic mass is 10.1. The van der Waals surface area contributed by atoms with E-state index in [1.54, 1.807) is 25.3 Å². The van der Waals surface area contributed by atoms with E-state index < -0.39 is 0 Å². The van der Waals surface area contributed by atoms with Gasteiger partial charge in [0, 0.05) is 5.56 Å². The Labute approximate surface area is 161 Å². The number of rotatable bonds is 4. The van der Waals surface area contributed by atoms with Crippen LogP contribution in [0, 0.1) is 26.2 Å². The number of thiazole rings is 1. The lowest BCUT2D eigenvalue weighted by molar-refractivity contribution is 0.0997. The minimum Gasteiger partial charge on any atom is -0.493 e. The van der Waals surface area contributed by atoms with Crippen LogP contribution >= 0.6 is 11.3 Å². The van der Waals surface area contributed by atoms with Crippen LogP contribution in [0.25, 0.3) is 10.2 Å². The molecule has 0 aliphatic rings. The van der Waals surface area contributed by atoms with E-state index >= 15 is 0 Å². The fraction of sp³-hybridized carbons (Fsp3) is 0.238. The largest absolute Gasteiger partial charge is 0.493 e. The maximum absolute atomic E-state index is 12.7. The number of aromatic nitrogens is 1. The first-order chi connectivity index (χ1) is 13.0. The molecule has 0 saturated carbocycles. The zero-order valence-electron chi connectivity index (χ0n) is 15.7. The number of aryl methyl sites for hydroxylation is 2. The second-order valence-electron chi connectivity index (χ2n) is 6.07. The number of carbonyl (C=O) groups excluding carboxylic acids is 1. The molecule has 27 heavy (non-hydrogen) atoms. The van der Waals surface area contributed by atoms with Crippen molar-refractivity contribution in [3.05, 3.63) is 51.8 Å². The summed E-state index contributed by atoms with van der Waals surface area (Å²) in [6.07, 6.45) is 5.54. The number of fused-ring (bicyclic) bond motifs is 1. The molecule has 0 radical (unpaired) electrons. The Balaban J connectivity index is 2.13. The molecule has 0 aliphatic carbocycles. The van der Waals surface area contributed by atoms with Crippen molar-refractivity contribution >= 4 is 27.5 Å². The molecular formula is C21H20N2O3S. The normalized spacial score (nSPS) is 11.4. The molecule has 0 fully saturated rings. The zero-order chi connectivity index (χ0) is 19.6. The van der Waals surface area contributed by atoms with E-state index in [1.807, 2.05) is 4.57 Å². The summed E-state index contributed by atoms with van der Waals surface area (Å²) in [4.78, 5) is 17.6. The van der Waals surface area contributed by atoms with E-state index in [-0.39, 0.29) is 5.91 Å². The molecule has 0 N–H and O–H groups in total. The molecule has 2 aromatic carbocycles. The second kappa shape index (κ2) is 7.68. The maximum Gasteiger partial charge on any atom is 0.279 e. The SMILES string of the molecule is C#CCn1c(=NC(=O)c2ccc(OC)c(OC)c2)sc2cc(C)c(C)cc21. The Morgan fingerprint density at radius 2 is 1.85 bits per heavy atom. The quantitative estimate of drug-likeness (QED) is 0.649. The molecule has 1 heterocycles. The lowest BCUT2D eigenvalue weighted by Crippen LogP contribution is -2.16. The van der Waals surface area contributed by atoms with Gasteiger partial charge >= 0.3 is 0 Å². The van der Waals surface area contributed by atoms with Crippen molar-refractivity contribution in [2.45, 2.75) is 20.4 Å². The predicted octanol–water partition coefficient (Wildman–Crippen LogP) is 3.71. The molecule has 0 atom stereocenters. The van der Waals surface area contributed by atoms with Gasteiger partial charge in [-0.1, -0.05) is 17.3 Å². The molecule has 0 bridgehead atoms. The number of ether oxygens (including phenoxy) is 2. The summed E-state index contributed by atoms with van der Waals surface area (Å²) in [5.74, 6) is 3.33. The van der Waals surface area contributed by atoms with Gasteiger partial charge in [0.2, 0.25) is 0 Å². The first kappa shape index (κ1) is 18.7. The van der Waals surface area contributed by atoms with Gasteiger partial charge in [0.15, 0.2) is 16.3 Å². The van der Waals surface area contributed by atoms with E-state index in [0.29, 0.717) is 28.4 Å². The number of amides is 1. The highest BCUT2D eigenvalue weighted by molar-refractivity contribution is 7.16. The van der Waals surface area contributed by atoms with Crippen LogP contribution in [0.2, 0.25) is 0 Å². The Kier molecular flexibility index (Phi) is 5.33. The van der Waals surface area contributed by atoms with Gasteiger partial charge in [-0.25, -0.2) is 0 Å². The van der Waals surface area contributed by atoms with Crippen LogP contribution in [-0.4, -0.2) is 24.7 Å². The molecule has 0 saturated heterocycles. The third kappa shape index (κ3) is 3.60. The summed E-state index contributed by atoms with van der Waals surface area (Å²) in [6.45, 7) is 4.46. The fourth-order valence-corrected chi connectivity index (χ4v) is 3.88. The third-order valence-electron chi connectivity index (χ3n) is 4.38. The molecular weight excluding hydrogens is 360 g/mol. The molecule has 1 amide bonds. The molecule has 5 nitrogen and oxygen atoms in total. The van der Waals surface area contributed by atoms with Crippen molar-refractivity contribution < 1.29 is 14.3 Å².